The highest BCUT2D eigenvalue weighted by molar-refractivity contribution is 6.30. The second-order valence-corrected chi connectivity index (χ2v) is 6.74. The molecule has 2 N–H and O–H groups in total. The molecular weight excluding hydrogens is 322 g/mol. The molecule has 24 heavy (non-hydrogen) atoms. The van der Waals surface area contributed by atoms with Crippen LogP contribution in [0, 0.1) is 6.92 Å². The fourth-order valence-electron chi connectivity index (χ4n) is 3.00. The van der Waals surface area contributed by atoms with Crippen LogP contribution in [0.4, 0.5) is 11.4 Å². The zero-order chi connectivity index (χ0) is 16.9. The molecule has 2 aromatic carbocycles. The summed E-state index contributed by atoms with van der Waals surface area (Å²) >= 11 is 6.06. The summed E-state index contributed by atoms with van der Waals surface area (Å²) in [5.74, 6) is 0.0741. The number of carbonyl (C=O) groups is 1. The van der Waals surface area contributed by atoms with E-state index in [1.807, 2.05) is 49.4 Å². The molecule has 0 aliphatic carbocycles. The van der Waals surface area contributed by atoms with Crippen molar-refractivity contribution in [2.75, 3.05) is 42.9 Å². The van der Waals surface area contributed by atoms with Crippen molar-refractivity contribution in [3.8, 4) is 0 Å². The number of anilines is 2. The van der Waals surface area contributed by atoms with Gasteiger partial charge >= 0.3 is 0 Å². The van der Waals surface area contributed by atoms with E-state index in [-0.39, 0.29) is 5.91 Å². The summed E-state index contributed by atoms with van der Waals surface area (Å²) in [7, 11) is 0. The third-order valence-electron chi connectivity index (χ3n) is 4.39. The number of benzene rings is 2. The number of piperazine rings is 1. The highest BCUT2D eigenvalue weighted by Crippen LogP contribution is 2.19. The van der Waals surface area contributed by atoms with E-state index in [9.17, 15) is 4.79 Å². The zero-order valence-corrected chi connectivity index (χ0v) is 14.6. The molecule has 0 spiro atoms. The third-order valence-corrected chi connectivity index (χ3v) is 4.62. The van der Waals surface area contributed by atoms with Crippen LogP contribution in [0.5, 0.6) is 0 Å². The van der Waals surface area contributed by atoms with Crippen molar-refractivity contribution in [1.82, 2.24) is 0 Å². The van der Waals surface area contributed by atoms with Crippen LogP contribution in [0.15, 0.2) is 48.5 Å². The number of aryl methyl sites for hydroxylation is 1. The number of amides is 1. The number of carbonyl (C=O) groups excluding carboxylic acids is 1. The Morgan fingerprint density at radius 2 is 1.88 bits per heavy atom. The van der Waals surface area contributed by atoms with Gasteiger partial charge in [-0.25, -0.2) is 0 Å². The van der Waals surface area contributed by atoms with Crippen LogP contribution in [0.3, 0.4) is 0 Å². The maximum Gasteiger partial charge on any atom is 0.279 e. The topological polar surface area (TPSA) is 36.8 Å². The Balaban J connectivity index is 1.48. The average Bonchev–Trinajstić information content (AvgIpc) is 2.58. The second kappa shape index (κ2) is 7.69. The quantitative estimate of drug-likeness (QED) is 0.890. The van der Waals surface area contributed by atoms with Crippen molar-refractivity contribution in [1.29, 1.82) is 0 Å². The molecule has 2 aromatic rings. The Labute approximate surface area is 148 Å². The average molecular weight is 345 g/mol. The predicted molar refractivity (Wildman–Crippen MR) is 99.0 cm³/mol. The lowest BCUT2D eigenvalue weighted by atomic mass is 10.2. The summed E-state index contributed by atoms with van der Waals surface area (Å²) in [5.41, 5.74) is 3.21. The first kappa shape index (κ1) is 16.8. The van der Waals surface area contributed by atoms with Crippen molar-refractivity contribution >= 4 is 28.9 Å². The minimum absolute atomic E-state index is 0.0741. The lowest BCUT2D eigenvalue weighted by Gasteiger charge is -2.33. The molecule has 0 unspecified atom stereocenters. The largest absolute Gasteiger partial charge is 0.360 e. The van der Waals surface area contributed by atoms with E-state index in [0.717, 1.165) is 42.6 Å². The van der Waals surface area contributed by atoms with Crippen molar-refractivity contribution in [2.45, 2.75) is 6.92 Å². The molecular formula is C19H23ClN3O+. The van der Waals surface area contributed by atoms with Gasteiger partial charge < -0.3 is 15.1 Å². The molecule has 1 fully saturated rings. The molecule has 0 bridgehead atoms. The number of nitrogens with one attached hydrogen (secondary N) is 2. The minimum Gasteiger partial charge on any atom is -0.360 e. The van der Waals surface area contributed by atoms with E-state index in [1.54, 1.807) is 0 Å². The molecule has 4 nitrogen and oxygen atoms in total. The van der Waals surface area contributed by atoms with Gasteiger partial charge in [-0.05, 0) is 37.3 Å². The van der Waals surface area contributed by atoms with Crippen LogP contribution in [0.2, 0.25) is 5.02 Å². The van der Waals surface area contributed by atoms with Gasteiger partial charge in [-0.1, -0.05) is 35.4 Å². The number of nitrogens with zero attached hydrogens (tertiary/aromatic N) is 1. The van der Waals surface area contributed by atoms with Gasteiger partial charge in [0.25, 0.3) is 5.91 Å². The summed E-state index contributed by atoms with van der Waals surface area (Å²) in [6.07, 6.45) is 0. The SMILES string of the molecule is Cc1ccc(NC(=O)C[NH+]2CCN(c3cccc(Cl)c3)CC2)cc1. The van der Waals surface area contributed by atoms with Crippen LogP contribution in [-0.2, 0) is 4.79 Å². The standard InChI is InChI=1S/C19H22ClN3O/c1-15-5-7-17(8-6-15)21-19(24)14-22-9-11-23(12-10-22)18-4-2-3-16(20)13-18/h2-8,13H,9-12,14H2,1H3,(H,21,24)/p+1. The molecule has 5 heteroatoms. The van der Waals surface area contributed by atoms with Crippen molar-refractivity contribution < 1.29 is 9.69 Å². The predicted octanol–water partition coefficient (Wildman–Crippen LogP) is 1.99. The van der Waals surface area contributed by atoms with Gasteiger partial charge in [0.1, 0.15) is 0 Å². The van der Waals surface area contributed by atoms with Crippen LogP contribution in [0.25, 0.3) is 0 Å². The van der Waals surface area contributed by atoms with E-state index < -0.39 is 0 Å². The zero-order valence-electron chi connectivity index (χ0n) is 13.9. The van der Waals surface area contributed by atoms with E-state index in [4.69, 9.17) is 11.6 Å². The molecule has 1 amide bonds. The first-order chi connectivity index (χ1) is 11.6. The molecule has 126 valence electrons. The Morgan fingerprint density at radius 1 is 1.17 bits per heavy atom. The molecule has 3 rings (SSSR count). The Hall–Kier alpha value is -2.04. The van der Waals surface area contributed by atoms with E-state index in [2.05, 4.69) is 16.3 Å². The first-order valence-corrected chi connectivity index (χ1v) is 8.68. The molecule has 1 heterocycles. The van der Waals surface area contributed by atoms with E-state index >= 15 is 0 Å². The second-order valence-electron chi connectivity index (χ2n) is 6.31. The molecule has 0 radical (unpaired) electrons. The molecule has 1 saturated heterocycles. The third kappa shape index (κ3) is 4.49. The first-order valence-electron chi connectivity index (χ1n) is 8.31. The van der Waals surface area contributed by atoms with Gasteiger partial charge in [0.2, 0.25) is 0 Å². The van der Waals surface area contributed by atoms with Crippen LogP contribution in [0.1, 0.15) is 5.56 Å². The number of hydrogen-bond donors (Lipinski definition) is 2. The Kier molecular flexibility index (Phi) is 5.38. The van der Waals surface area contributed by atoms with Crippen LogP contribution < -0.4 is 15.1 Å². The maximum absolute atomic E-state index is 12.2. The van der Waals surface area contributed by atoms with Gasteiger partial charge in [-0.2, -0.15) is 0 Å². The van der Waals surface area contributed by atoms with Crippen LogP contribution >= 0.6 is 11.6 Å². The summed E-state index contributed by atoms with van der Waals surface area (Å²) in [5, 5.41) is 3.74. The van der Waals surface area contributed by atoms with Gasteiger partial charge in [0.15, 0.2) is 6.54 Å². The Bertz CT molecular complexity index is 694. The fraction of sp³-hybridized carbons (Fsp3) is 0.316. The molecule has 0 atom stereocenters. The molecule has 1 aliphatic heterocycles. The summed E-state index contributed by atoms with van der Waals surface area (Å²) in [6, 6.07) is 15.9. The maximum atomic E-state index is 12.2. The normalized spacial score (nSPS) is 15.3. The van der Waals surface area contributed by atoms with E-state index in [0.29, 0.717) is 6.54 Å². The minimum atomic E-state index is 0.0741. The number of halogens is 1. The monoisotopic (exact) mass is 344 g/mol. The number of hydrogen-bond acceptors (Lipinski definition) is 2. The van der Waals surface area contributed by atoms with E-state index in [1.165, 1.54) is 10.5 Å². The molecule has 0 aromatic heterocycles. The number of rotatable bonds is 4. The lowest BCUT2D eigenvalue weighted by molar-refractivity contribution is -0.892. The summed E-state index contributed by atoms with van der Waals surface area (Å²) in [6.45, 7) is 6.33. The fourth-order valence-corrected chi connectivity index (χ4v) is 3.18. The van der Waals surface area contributed by atoms with Gasteiger partial charge in [-0.3, -0.25) is 4.79 Å². The van der Waals surface area contributed by atoms with Crippen molar-refractivity contribution in [2.24, 2.45) is 0 Å². The van der Waals surface area contributed by atoms with Gasteiger partial charge in [0, 0.05) is 16.4 Å². The lowest BCUT2D eigenvalue weighted by Crippen LogP contribution is -3.15. The van der Waals surface area contributed by atoms with Gasteiger partial charge in [0.05, 0.1) is 26.2 Å². The Morgan fingerprint density at radius 3 is 2.54 bits per heavy atom. The number of quaternary nitrogens is 1. The highest BCUT2D eigenvalue weighted by Gasteiger charge is 2.22. The van der Waals surface area contributed by atoms with Crippen LogP contribution in [-0.4, -0.2) is 38.6 Å². The van der Waals surface area contributed by atoms with Crippen molar-refractivity contribution in [3.05, 3.63) is 59.1 Å². The summed E-state index contributed by atoms with van der Waals surface area (Å²) < 4.78 is 0. The summed E-state index contributed by atoms with van der Waals surface area (Å²) in [4.78, 5) is 15.8. The smallest absolute Gasteiger partial charge is 0.279 e. The molecule has 0 saturated carbocycles. The van der Waals surface area contributed by atoms with Crippen molar-refractivity contribution in [3.63, 3.8) is 0 Å². The highest BCUT2D eigenvalue weighted by atomic mass is 35.5. The van der Waals surface area contributed by atoms with Gasteiger partial charge in [-0.15, -0.1) is 0 Å². The molecule has 1 aliphatic rings.